The maximum atomic E-state index is 10.9. The molecular weight excluding hydrogens is 156 g/mol. The highest BCUT2D eigenvalue weighted by atomic mass is 16.5. The van der Waals surface area contributed by atoms with E-state index in [0.717, 1.165) is 0 Å². The molecule has 0 fully saturated rings. The van der Waals surface area contributed by atoms with Gasteiger partial charge < -0.3 is 10.9 Å². The molecule has 0 aliphatic rings. The predicted octanol–water partition coefficient (Wildman–Crippen LogP) is -0.392. The monoisotopic (exact) mass is 166 g/mol. The van der Waals surface area contributed by atoms with E-state index >= 15 is 0 Å². The van der Waals surface area contributed by atoms with Crippen LogP contribution in [0.3, 0.4) is 0 Å². The van der Waals surface area contributed by atoms with E-state index in [0.29, 0.717) is 16.7 Å². The van der Waals surface area contributed by atoms with E-state index in [1.54, 1.807) is 6.08 Å². The number of aromatic nitrogens is 2. The summed E-state index contributed by atoms with van der Waals surface area (Å²) >= 11 is 0. The van der Waals surface area contributed by atoms with Gasteiger partial charge in [-0.05, 0) is 6.42 Å². The van der Waals surface area contributed by atoms with Gasteiger partial charge in [-0.25, -0.2) is 4.73 Å². The third kappa shape index (κ3) is 1.45. The third-order valence-electron chi connectivity index (χ3n) is 1.43. The number of nitrogen functional groups attached to an aromatic ring is 2. The van der Waals surface area contributed by atoms with Gasteiger partial charge in [-0.1, -0.05) is 11.1 Å². The number of nitrogens with two attached hydrogens (primary N) is 2. The smallest absolute Gasteiger partial charge is 0.391 e. The second kappa shape index (κ2) is 3.08. The van der Waals surface area contributed by atoms with Gasteiger partial charge in [0.2, 0.25) is 5.82 Å². The maximum absolute atomic E-state index is 10.9. The van der Waals surface area contributed by atoms with E-state index in [1.165, 1.54) is 6.20 Å². The molecule has 0 aliphatic carbocycles. The van der Waals surface area contributed by atoms with Crippen molar-refractivity contribution in [3.8, 4) is 0 Å². The van der Waals surface area contributed by atoms with Crippen molar-refractivity contribution in [1.82, 2.24) is 4.98 Å². The number of hydrogen-bond donors (Lipinski definition) is 2. The van der Waals surface area contributed by atoms with Crippen molar-refractivity contribution in [3.63, 3.8) is 0 Å². The topological polar surface area (TPSA) is 91.9 Å². The zero-order valence-electron chi connectivity index (χ0n) is 6.53. The van der Waals surface area contributed by atoms with Crippen LogP contribution < -0.4 is 16.2 Å². The molecule has 12 heavy (non-hydrogen) atoms. The van der Waals surface area contributed by atoms with Gasteiger partial charge in [-0.2, -0.15) is 0 Å². The lowest BCUT2D eigenvalue weighted by Gasteiger charge is -2.06. The summed E-state index contributed by atoms with van der Waals surface area (Å²) in [4.78, 5) is 3.65. The molecule has 0 atom stereocenters. The normalized spacial score (nSPS) is 9.67. The van der Waals surface area contributed by atoms with Gasteiger partial charge >= 0.3 is 5.95 Å². The highest BCUT2D eigenvalue weighted by molar-refractivity contribution is 5.39. The van der Waals surface area contributed by atoms with E-state index < -0.39 is 0 Å². The summed E-state index contributed by atoms with van der Waals surface area (Å²) < 4.78 is 0.481. The largest absolute Gasteiger partial charge is 0.740 e. The minimum Gasteiger partial charge on any atom is -0.740 e. The Morgan fingerprint density at radius 3 is 2.92 bits per heavy atom. The molecule has 5 heteroatoms. The van der Waals surface area contributed by atoms with Crippen LogP contribution >= 0.6 is 0 Å². The Kier molecular flexibility index (Phi) is 2.14. The van der Waals surface area contributed by atoms with Crippen LogP contribution in [0.15, 0.2) is 18.9 Å². The molecule has 0 aliphatic heterocycles. The SMILES string of the molecule is C=CCc1c[n+]([O-])c(N)nc1N. The zero-order valence-corrected chi connectivity index (χ0v) is 6.53. The lowest BCUT2D eigenvalue weighted by Crippen LogP contribution is -2.32. The van der Waals surface area contributed by atoms with E-state index in [1.807, 2.05) is 0 Å². The first kappa shape index (κ1) is 8.32. The highest BCUT2D eigenvalue weighted by Crippen LogP contribution is 2.07. The Morgan fingerprint density at radius 1 is 1.67 bits per heavy atom. The van der Waals surface area contributed by atoms with Crippen LogP contribution in [0.5, 0.6) is 0 Å². The summed E-state index contributed by atoms with van der Waals surface area (Å²) in [5.74, 6) is 0.139. The number of allylic oxidation sites excluding steroid dienone is 1. The molecular formula is C7H10N4O. The van der Waals surface area contributed by atoms with E-state index in [4.69, 9.17) is 11.5 Å². The van der Waals surface area contributed by atoms with E-state index in [9.17, 15) is 5.21 Å². The van der Waals surface area contributed by atoms with Crippen molar-refractivity contribution < 1.29 is 4.73 Å². The molecule has 0 bridgehead atoms. The van der Waals surface area contributed by atoms with Crippen LogP contribution in [0.25, 0.3) is 0 Å². The first-order valence-electron chi connectivity index (χ1n) is 3.40. The molecule has 64 valence electrons. The Labute approximate surface area is 69.9 Å². The van der Waals surface area contributed by atoms with Crippen LogP contribution in [-0.2, 0) is 6.42 Å². The van der Waals surface area contributed by atoms with Gasteiger partial charge in [0, 0.05) is 5.56 Å². The summed E-state index contributed by atoms with van der Waals surface area (Å²) in [6, 6.07) is 0. The van der Waals surface area contributed by atoms with Crippen molar-refractivity contribution in [3.05, 3.63) is 29.6 Å². The van der Waals surface area contributed by atoms with Crippen LogP contribution in [0.4, 0.5) is 11.8 Å². The minimum absolute atomic E-state index is 0.139. The second-order valence-electron chi connectivity index (χ2n) is 2.33. The maximum Gasteiger partial charge on any atom is 0.391 e. The van der Waals surface area contributed by atoms with Gasteiger partial charge in [-0.3, -0.25) is 5.73 Å². The fraction of sp³-hybridized carbons (Fsp3) is 0.143. The fourth-order valence-electron chi connectivity index (χ4n) is 0.831. The number of nitrogens with zero attached hydrogens (tertiary/aromatic N) is 2. The molecule has 0 saturated carbocycles. The molecule has 1 rings (SSSR count). The molecule has 1 aromatic heterocycles. The van der Waals surface area contributed by atoms with Crippen molar-refractivity contribution in [2.24, 2.45) is 0 Å². The quantitative estimate of drug-likeness (QED) is 0.355. The molecule has 0 radical (unpaired) electrons. The van der Waals surface area contributed by atoms with Crippen LogP contribution in [0.1, 0.15) is 5.56 Å². The molecule has 1 heterocycles. The number of hydrogen-bond acceptors (Lipinski definition) is 4. The molecule has 0 amide bonds. The molecule has 1 aromatic rings. The first-order chi connectivity index (χ1) is 5.65. The zero-order chi connectivity index (χ0) is 9.14. The molecule has 5 nitrogen and oxygen atoms in total. The van der Waals surface area contributed by atoms with Gasteiger partial charge in [0.05, 0.1) is 6.20 Å². The molecule has 0 saturated heterocycles. The van der Waals surface area contributed by atoms with Crippen molar-refractivity contribution in [2.75, 3.05) is 11.5 Å². The summed E-state index contributed by atoms with van der Waals surface area (Å²) in [5.41, 5.74) is 11.3. The second-order valence-corrected chi connectivity index (χ2v) is 2.33. The van der Waals surface area contributed by atoms with Crippen molar-refractivity contribution in [2.45, 2.75) is 6.42 Å². The predicted molar refractivity (Wildman–Crippen MR) is 45.9 cm³/mol. The number of anilines is 2. The summed E-state index contributed by atoms with van der Waals surface area (Å²) in [7, 11) is 0. The van der Waals surface area contributed by atoms with E-state index in [-0.39, 0.29) is 11.8 Å². The van der Waals surface area contributed by atoms with Gasteiger partial charge in [0.25, 0.3) is 0 Å². The Bertz CT molecular complexity index is 311. The van der Waals surface area contributed by atoms with Crippen molar-refractivity contribution >= 4 is 11.8 Å². The summed E-state index contributed by atoms with van der Waals surface area (Å²) in [5, 5.41) is 10.9. The van der Waals surface area contributed by atoms with Gasteiger partial charge in [-0.15, -0.1) is 6.58 Å². The number of rotatable bonds is 2. The molecule has 0 aromatic carbocycles. The van der Waals surface area contributed by atoms with Gasteiger partial charge in [0.15, 0.2) is 0 Å². The minimum atomic E-state index is -0.139. The third-order valence-corrected chi connectivity index (χ3v) is 1.43. The Hall–Kier alpha value is -1.78. The highest BCUT2D eigenvalue weighted by Gasteiger charge is 2.07. The lowest BCUT2D eigenvalue weighted by atomic mass is 10.2. The van der Waals surface area contributed by atoms with Crippen molar-refractivity contribution in [1.29, 1.82) is 0 Å². The lowest BCUT2D eigenvalue weighted by molar-refractivity contribution is -0.593. The average Bonchev–Trinajstić information content (AvgIpc) is 2.01. The van der Waals surface area contributed by atoms with Crippen LogP contribution in [-0.4, -0.2) is 4.98 Å². The molecule has 4 N–H and O–H groups in total. The van der Waals surface area contributed by atoms with Crippen LogP contribution in [0, 0.1) is 5.21 Å². The molecule has 0 unspecified atom stereocenters. The van der Waals surface area contributed by atoms with Crippen LogP contribution in [0.2, 0.25) is 0 Å². The first-order valence-corrected chi connectivity index (χ1v) is 3.40. The average molecular weight is 166 g/mol. The van der Waals surface area contributed by atoms with Gasteiger partial charge in [0.1, 0.15) is 0 Å². The standard InChI is InChI=1S/C7H10N4O/c1-2-3-5-4-11(12)7(9)10-6(5)8/h2,4H,1,3H2,(H4,8,9,10). The Morgan fingerprint density at radius 2 is 2.33 bits per heavy atom. The summed E-state index contributed by atoms with van der Waals surface area (Å²) in [6.07, 6.45) is 3.46. The molecule has 0 spiro atoms. The van der Waals surface area contributed by atoms with E-state index in [2.05, 4.69) is 11.6 Å². The fourth-order valence-corrected chi connectivity index (χ4v) is 0.831. The Balaban J connectivity index is 3.13. The summed E-state index contributed by atoms with van der Waals surface area (Å²) in [6.45, 7) is 3.52.